The molecule has 1 fully saturated rings. The summed E-state index contributed by atoms with van der Waals surface area (Å²) in [5, 5.41) is 3.39. The van der Waals surface area contributed by atoms with Crippen LogP contribution < -0.4 is 14.8 Å². The summed E-state index contributed by atoms with van der Waals surface area (Å²) < 4.78 is 39.1. The highest BCUT2D eigenvalue weighted by Gasteiger charge is 2.34. The van der Waals surface area contributed by atoms with Crippen LogP contribution in [0.4, 0.5) is 5.69 Å². The van der Waals surface area contributed by atoms with E-state index in [9.17, 15) is 13.2 Å². The maximum atomic E-state index is 13.6. The third-order valence-electron chi connectivity index (χ3n) is 5.71. The zero-order valence-corrected chi connectivity index (χ0v) is 20.1. The van der Waals surface area contributed by atoms with Crippen LogP contribution in [-0.2, 0) is 14.8 Å². The van der Waals surface area contributed by atoms with Crippen LogP contribution in [0.25, 0.3) is 0 Å². The summed E-state index contributed by atoms with van der Waals surface area (Å²) in [4.78, 5) is 13.0. The van der Waals surface area contributed by atoms with Gasteiger partial charge in [0.25, 0.3) is 0 Å². The third kappa shape index (κ3) is 5.54. The molecule has 1 aliphatic carbocycles. The SMILES string of the molecule is COc1ccc(S(=O)(=O)N(CC(=O)Nc2ccc(Cl)cc2C)C2CCCCC2)cc1OC. The van der Waals surface area contributed by atoms with Gasteiger partial charge in [-0.25, -0.2) is 8.42 Å². The topological polar surface area (TPSA) is 84.9 Å². The number of rotatable bonds is 8. The normalized spacial score (nSPS) is 14.9. The minimum atomic E-state index is -3.95. The average molecular weight is 481 g/mol. The van der Waals surface area contributed by atoms with Crippen molar-refractivity contribution in [2.45, 2.75) is 50.0 Å². The molecule has 1 saturated carbocycles. The second-order valence-corrected chi connectivity index (χ2v) is 10.2. The van der Waals surface area contributed by atoms with Crippen molar-refractivity contribution >= 4 is 33.2 Å². The molecule has 9 heteroatoms. The maximum Gasteiger partial charge on any atom is 0.243 e. The molecule has 7 nitrogen and oxygen atoms in total. The van der Waals surface area contributed by atoms with Crippen molar-refractivity contribution in [2.75, 3.05) is 26.1 Å². The van der Waals surface area contributed by atoms with Gasteiger partial charge in [0.1, 0.15) is 0 Å². The Balaban J connectivity index is 1.90. The predicted molar refractivity (Wildman–Crippen MR) is 125 cm³/mol. The van der Waals surface area contributed by atoms with Crippen molar-refractivity contribution in [3.8, 4) is 11.5 Å². The number of amides is 1. The highest BCUT2D eigenvalue weighted by atomic mass is 35.5. The molecule has 2 aromatic carbocycles. The number of ether oxygens (including phenoxy) is 2. The Bertz CT molecular complexity index is 1070. The summed E-state index contributed by atoms with van der Waals surface area (Å²) in [5.41, 5.74) is 1.41. The van der Waals surface area contributed by atoms with E-state index in [2.05, 4.69) is 5.32 Å². The number of methoxy groups -OCH3 is 2. The third-order valence-corrected chi connectivity index (χ3v) is 7.83. The second-order valence-electron chi connectivity index (χ2n) is 7.87. The predicted octanol–water partition coefficient (Wildman–Crippen LogP) is 4.63. The Morgan fingerprint density at radius 1 is 1.06 bits per heavy atom. The fourth-order valence-corrected chi connectivity index (χ4v) is 5.87. The molecule has 0 atom stereocenters. The van der Waals surface area contributed by atoms with Crippen LogP contribution in [0.3, 0.4) is 0 Å². The second kappa shape index (κ2) is 10.6. The van der Waals surface area contributed by atoms with Gasteiger partial charge in [0.2, 0.25) is 15.9 Å². The number of anilines is 1. The monoisotopic (exact) mass is 480 g/mol. The molecular formula is C23H29ClN2O5S. The van der Waals surface area contributed by atoms with E-state index in [1.165, 1.54) is 30.7 Å². The smallest absolute Gasteiger partial charge is 0.243 e. The number of hydrogen-bond acceptors (Lipinski definition) is 5. The summed E-state index contributed by atoms with van der Waals surface area (Å²) in [6.45, 7) is 1.56. The molecule has 0 spiro atoms. The summed E-state index contributed by atoms with van der Waals surface area (Å²) >= 11 is 5.99. The first-order valence-corrected chi connectivity index (χ1v) is 12.4. The molecule has 1 amide bonds. The molecule has 1 aliphatic rings. The van der Waals surface area contributed by atoms with Gasteiger partial charge >= 0.3 is 0 Å². The molecule has 0 aromatic heterocycles. The molecule has 0 bridgehead atoms. The van der Waals surface area contributed by atoms with Crippen LogP contribution in [0.15, 0.2) is 41.3 Å². The van der Waals surface area contributed by atoms with Gasteiger partial charge in [0, 0.05) is 22.8 Å². The molecule has 0 heterocycles. The molecule has 0 unspecified atom stereocenters. The summed E-state index contributed by atoms with van der Waals surface area (Å²) in [6, 6.07) is 9.38. The van der Waals surface area contributed by atoms with Crippen LogP contribution in [0.2, 0.25) is 5.02 Å². The largest absolute Gasteiger partial charge is 0.493 e. The van der Waals surface area contributed by atoms with E-state index in [1.54, 1.807) is 24.3 Å². The lowest BCUT2D eigenvalue weighted by Gasteiger charge is -2.33. The minimum Gasteiger partial charge on any atom is -0.493 e. The van der Waals surface area contributed by atoms with Gasteiger partial charge in [-0.3, -0.25) is 4.79 Å². The number of halogens is 1. The number of nitrogens with zero attached hydrogens (tertiary/aromatic N) is 1. The zero-order chi connectivity index (χ0) is 23.3. The molecule has 2 aromatic rings. The highest BCUT2D eigenvalue weighted by molar-refractivity contribution is 7.89. The van der Waals surface area contributed by atoms with Crippen molar-refractivity contribution < 1.29 is 22.7 Å². The van der Waals surface area contributed by atoms with E-state index in [1.807, 2.05) is 6.92 Å². The number of nitrogens with one attached hydrogen (secondary N) is 1. The molecule has 174 valence electrons. The first kappa shape index (κ1) is 24.4. The van der Waals surface area contributed by atoms with Crippen molar-refractivity contribution in [1.82, 2.24) is 4.31 Å². The fraction of sp³-hybridized carbons (Fsp3) is 0.435. The van der Waals surface area contributed by atoms with Gasteiger partial charge in [-0.1, -0.05) is 30.9 Å². The lowest BCUT2D eigenvalue weighted by atomic mass is 9.95. The lowest BCUT2D eigenvalue weighted by molar-refractivity contribution is -0.116. The Hall–Kier alpha value is -2.29. The van der Waals surface area contributed by atoms with Gasteiger partial charge in [-0.2, -0.15) is 4.31 Å². The molecule has 0 saturated heterocycles. The first-order valence-electron chi connectivity index (χ1n) is 10.6. The molecule has 32 heavy (non-hydrogen) atoms. The lowest BCUT2D eigenvalue weighted by Crippen LogP contribution is -2.45. The fourth-order valence-electron chi connectivity index (χ4n) is 3.99. The standard InChI is InChI=1S/C23H29ClN2O5S/c1-16-13-17(24)9-11-20(16)25-23(27)15-26(18-7-5-4-6-8-18)32(28,29)19-10-12-21(30-2)22(14-19)31-3/h9-14,18H,4-8,15H2,1-3H3,(H,25,27). The molecular weight excluding hydrogens is 452 g/mol. The molecule has 0 aliphatic heterocycles. The van der Waals surface area contributed by atoms with Crippen LogP contribution in [0, 0.1) is 6.92 Å². The van der Waals surface area contributed by atoms with Gasteiger partial charge in [-0.15, -0.1) is 0 Å². The van der Waals surface area contributed by atoms with Crippen molar-refractivity contribution in [2.24, 2.45) is 0 Å². The quantitative estimate of drug-likeness (QED) is 0.595. The number of benzene rings is 2. The van der Waals surface area contributed by atoms with Gasteiger partial charge < -0.3 is 14.8 Å². The molecule has 0 radical (unpaired) electrons. The summed E-state index contributed by atoms with van der Waals surface area (Å²) in [5.74, 6) is 0.357. The van der Waals surface area contributed by atoms with E-state index in [-0.39, 0.29) is 17.5 Å². The highest BCUT2D eigenvalue weighted by Crippen LogP contribution is 2.33. The van der Waals surface area contributed by atoms with Gasteiger partial charge in [0.05, 0.1) is 25.7 Å². The summed E-state index contributed by atoms with van der Waals surface area (Å²) in [7, 11) is -1.00. The molecule has 1 N–H and O–H groups in total. The van der Waals surface area contributed by atoms with E-state index < -0.39 is 15.9 Å². The van der Waals surface area contributed by atoms with Gasteiger partial charge in [0.15, 0.2) is 11.5 Å². The Morgan fingerprint density at radius 3 is 2.38 bits per heavy atom. The number of carbonyl (C=O) groups is 1. The summed E-state index contributed by atoms with van der Waals surface area (Å²) in [6.07, 6.45) is 4.37. The number of carbonyl (C=O) groups excluding carboxylic acids is 1. The Morgan fingerprint density at radius 2 is 1.75 bits per heavy atom. The van der Waals surface area contributed by atoms with Crippen LogP contribution in [-0.4, -0.2) is 45.4 Å². The number of hydrogen-bond donors (Lipinski definition) is 1. The Kier molecular flexibility index (Phi) is 8.03. The van der Waals surface area contributed by atoms with E-state index in [4.69, 9.17) is 21.1 Å². The van der Waals surface area contributed by atoms with E-state index >= 15 is 0 Å². The number of sulfonamides is 1. The van der Waals surface area contributed by atoms with Gasteiger partial charge in [-0.05, 0) is 55.7 Å². The molecule has 3 rings (SSSR count). The van der Waals surface area contributed by atoms with E-state index in [0.717, 1.165) is 37.7 Å². The first-order chi connectivity index (χ1) is 15.3. The number of aryl methyl sites for hydroxylation is 1. The average Bonchev–Trinajstić information content (AvgIpc) is 2.79. The van der Waals surface area contributed by atoms with Crippen molar-refractivity contribution in [3.05, 3.63) is 47.0 Å². The maximum absolute atomic E-state index is 13.6. The van der Waals surface area contributed by atoms with Crippen LogP contribution >= 0.6 is 11.6 Å². The van der Waals surface area contributed by atoms with Crippen LogP contribution in [0.5, 0.6) is 11.5 Å². The van der Waals surface area contributed by atoms with Crippen LogP contribution in [0.1, 0.15) is 37.7 Å². The van der Waals surface area contributed by atoms with E-state index in [0.29, 0.717) is 22.2 Å². The van der Waals surface area contributed by atoms with Crippen molar-refractivity contribution in [3.63, 3.8) is 0 Å². The Labute approximate surface area is 194 Å². The van der Waals surface area contributed by atoms with Crippen molar-refractivity contribution in [1.29, 1.82) is 0 Å². The zero-order valence-electron chi connectivity index (χ0n) is 18.6. The minimum absolute atomic E-state index is 0.0659.